The van der Waals surface area contributed by atoms with Crippen LogP contribution in [0.4, 0.5) is 5.82 Å². The summed E-state index contributed by atoms with van der Waals surface area (Å²) in [6, 6.07) is 7.99. The van der Waals surface area contributed by atoms with Crippen LogP contribution in [0.1, 0.15) is 20.3 Å². The number of hydrogen-bond donors (Lipinski definition) is 1. The highest BCUT2D eigenvalue weighted by Gasteiger charge is 2.05. The van der Waals surface area contributed by atoms with E-state index in [-0.39, 0.29) is 0 Å². The second kappa shape index (κ2) is 7.84. The third-order valence-electron chi connectivity index (χ3n) is 3.20. The molecule has 4 heteroatoms. The first kappa shape index (κ1) is 15.6. The maximum Gasteiger partial charge on any atom is 0.133 e. The normalized spacial score (nSPS) is 11.0. The number of nitrogens with zero attached hydrogens (tertiary/aromatic N) is 1. The minimum atomic E-state index is 0.588. The fourth-order valence-corrected chi connectivity index (χ4v) is 2.20. The molecule has 0 radical (unpaired) electrons. The maximum absolute atomic E-state index is 5.58. The highest BCUT2D eigenvalue weighted by Crippen LogP contribution is 2.28. The van der Waals surface area contributed by atoms with Crippen molar-refractivity contribution in [3.8, 4) is 5.75 Å². The topological polar surface area (TPSA) is 43.4 Å². The standard InChI is InChI=1S/C17H24N2O2/c1-13(2)12-21-11-5-9-18-17-15-6-4-7-16(20-3)14(15)8-10-19-17/h4,6-8,10,13H,5,9,11-12H2,1-3H3,(H,18,19). The van der Waals surface area contributed by atoms with E-state index in [9.17, 15) is 0 Å². The number of anilines is 1. The molecule has 0 spiro atoms. The van der Waals surface area contributed by atoms with Crippen molar-refractivity contribution in [1.29, 1.82) is 0 Å². The van der Waals surface area contributed by atoms with Gasteiger partial charge in [0.25, 0.3) is 0 Å². The van der Waals surface area contributed by atoms with Gasteiger partial charge in [-0.15, -0.1) is 0 Å². The molecule has 0 aliphatic rings. The van der Waals surface area contributed by atoms with Gasteiger partial charge in [0.2, 0.25) is 0 Å². The van der Waals surface area contributed by atoms with Crippen molar-refractivity contribution < 1.29 is 9.47 Å². The van der Waals surface area contributed by atoms with Crippen molar-refractivity contribution in [2.45, 2.75) is 20.3 Å². The van der Waals surface area contributed by atoms with Crippen LogP contribution in [0.25, 0.3) is 10.8 Å². The molecule has 0 bridgehead atoms. The minimum absolute atomic E-state index is 0.588. The Labute approximate surface area is 126 Å². The zero-order valence-corrected chi connectivity index (χ0v) is 13.1. The maximum atomic E-state index is 5.58. The summed E-state index contributed by atoms with van der Waals surface area (Å²) in [6.45, 7) is 6.77. The molecule has 0 saturated heterocycles. The van der Waals surface area contributed by atoms with Crippen molar-refractivity contribution >= 4 is 16.6 Å². The van der Waals surface area contributed by atoms with E-state index in [1.165, 1.54) is 0 Å². The Hall–Kier alpha value is -1.81. The predicted octanol–water partition coefficient (Wildman–Crippen LogP) is 3.72. The molecule has 0 aliphatic heterocycles. The molecule has 1 N–H and O–H groups in total. The number of aromatic nitrogens is 1. The lowest BCUT2D eigenvalue weighted by Gasteiger charge is -2.11. The Bertz CT molecular complexity index is 570. The molecule has 21 heavy (non-hydrogen) atoms. The van der Waals surface area contributed by atoms with E-state index >= 15 is 0 Å². The summed E-state index contributed by atoms with van der Waals surface area (Å²) < 4.78 is 11.0. The number of benzene rings is 1. The Morgan fingerprint density at radius 3 is 2.81 bits per heavy atom. The molecule has 0 fully saturated rings. The van der Waals surface area contributed by atoms with Crippen LogP contribution >= 0.6 is 0 Å². The van der Waals surface area contributed by atoms with Crippen molar-refractivity contribution in [1.82, 2.24) is 4.98 Å². The lowest BCUT2D eigenvalue weighted by atomic mass is 10.1. The van der Waals surface area contributed by atoms with Crippen molar-refractivity contribution in [3.63, 3.8) is 0 Å². The van der Waals surface area contributed by atoms with Gasteiger partial charge in [0.15, 0.2) is 0 Å². The van der Waals surface area contributed by atoms with Crippen molar-refractivity contribution in [2.24, 2.45) is 5.92 Å². The molecule has 1 aromatic carbocycles. The van der Waals surface area contributed by atoms with Crippen LogP contribution < -0.4 is 10.1 Å². The molecule has 2 aromatic rings. The quantitative estimate of drug-likeness (QED) is 0.752. The van der Waals surface area contributed by atoms with E-state index in [2.05, 4.69) is 30.2 Å². The number of nitrogens with one attached hydrogen (secondary N) is 1. The first-order valence-corrected chi connectivity index (χ1v) is 7.45. The fourth-order valence-electron chi connectivity index (χ4n) is 2.20. The fraction of sp³-hybridized carbons (Fsp3) is 0.471. The average molecular weight is 288 g/mol. The highest BCUT2D eigenvalue weighted by molar-refractivity contribution is 5.95. The number of hydrogen-bond acceptors (Lipinski definition) is 4. The van der Waals surface area contributed by atoms with E-state index in [0.29, 0.717) is 5.92 Å². The van der Waals surface area contributed by atoms with Gasteiger partial charge in [-0.3, -0.25) is 0 Å². The summed E-state index contributed by atoms with van der Waals surface area (Å²) in [5.74, 6) is 2.36. The van der Waals surface area contributed by atoms with Gasteiger partial charge in [-0.25, -0.2) is 4.98 Å². The molecule has 2 rings (SSSR count). The Kier molecular flexibility index (Phi) is 5.81. The minimum Gasteiger partial charge on any atom is -0.496 e. The average Bonchev–Trinajstić information content (AvgIpc) is 2.50. The van der Waals surface area contributed by atoms with Crippen molar-refractivity contribution in [3.05, 3.63) is 30.5 Å². The van der Waals surface area contributed by atoms with E-state index in [0.717, 1.165) is 48.5 Å². The predicted molar refractivity (Wildman–Crippen MR) is 87.1 cm³/mol. The number of rotatable bonds is 8. The van der Waals surface area contributed by atoms with Crippen LogP contribution in [0.5, 0.6) is 5.75 Å². The molecule has 0 unspecified atom stereocenters. The van der Waals surface area contributed by atoms with Crippen LogP contribution in [0, 0.1) is 5.92 Å². The van der Waals surface area contributed by atoms with Gasteiger partial charge in [0.05, 0.1) is 7.11 Å². The van der Waals surface area contributed by atoms with Crippen LogP contribution in [-0.2, 0) is 4.74 Å². The molecule has 0 atom stereocenters. The number of pyridine rings is 1. The molecular formula is C17H24N2O2. The van der Waals surface area contributed by atoms with Crippen molar-refractivity contribution in [2.75, 3.05) is 32.2 Å². The van der Waals surface area contributed by atoms with Crippen LogP contribution in [0.15, 0.2) is 30.5 Å². The molecule has 0 aliphatic carbocycles. The Morgan fingerprint density at radius 1 is 1.19 bits per heavy atom. The van der Waals surface area contributed by atoms with Crippen LogP contribution in [-0.4, -0.2) is 31.9 Å². The van der Waals surface area contributed by atoms with E-state index in [1.54, 1.807) is 7.11 Å². The second-order valence-electron chi connectivity index (χ2n) is 5.46. The second-order valence-corrected chi connectivity index (χ2v) is 5.46. The van der Waals surface area contributed by atoms with Crippen LogP contribution in [0.3, 0.4) is 0 Å². The zero-order valence-electron chi connectivity index (χ0n) is 13.1. The zero-order chi connectivity index (χ0) is 15.1. The van der Waals surface area contributed by atoms with Crippen LogP contribution in [0.2, 0.25) is 0 Å². The summed E-state index contributed by atoms with van der Waals surface area (Å²) in [5.41, 5.74) is 0. The van der Waals surface area contributed by atoms with E-state index < -0.39 is 0 Å². The van der Waals surface area contributed by atoms with E-state index in [1.807, 2.05) is 24.4 Å². The largest absolute Gasteiger partial charge is 0.496 e. The summed E-state index contributed by atoms with van der Waals surface area (Å²) in [4.78, 5) is 4.42. The first-order chi connectivity index (χ1) is 10.2. The summed E-state index contributed by atoms with van der Waals surface area (Å²) >= 11 is 0. The number of ether oxygens (including phenoxy) is 2. The third kappa shape index (κ3) is 4.33. The Balaban J connectivity index is 1.93. The summed E-state index contributed by atoms with van der Waals surface area (Å²) in [5, 5.41) is 5.54. The molecule has 4 nitrogen and oxygen atoms in total. The molecule has 0 amide bonds. The third-order valence-corrected chi connectivity index (χ3v) is 3.20. The first-order valence-electron chi connectivity index (χ1n) is 7.45. The number of methoxy groups -OCH3 is 1. The number of fused-ring (bicyclic) bond motifs is 1. The van der Waals surface area contributed by atoms with Gasteiger partial charge in [-0.1, -0.05) is 26.0 Å². The lowest BCUT2D eigenvalue weighted by Crippen LogP contribution is -2.09. The summed E-state index contributed by atoms with van der Waals surface area (Å²) in [7, 11) is 1.69. The summed E-state index contributed by atoms with van der Waals surface area (Å²) in [6.07, 6.45) is 2.78. The molecular weight excluding hydrogens is 264 g/mol. The van der Waals surface area contributed by atoms with E-state index in [4.69, 9.17) is 9.47 Å². The highest BCUT2D eigenvalue weighted by atomic mass is 16.5. The van der Waals surface area contributed by atoms with Gasteiger partial charge in [-0.2, -0.15) is 0 Å². The smallest absolute Gasteiger partial charge is 0.133 e. The molecule has 1 heterocycles. The molecule has 1 aromatic heterocycles. The lowest BCUT2D eigenvalue weighted by molar-refractivity contribution is 0.110. The van der Waals surface area contributed by atoms with Gasteiger partial charge in [0, 0.05) is 36.7 Å². The molecule has 114 valence electrons. The molecule has 0 saturated carbocycles. The Morgan fingerprint density at radius 2 is 2.05 bits per heavy atom. The van der Waals surface area contributed by atoms with Gasteiger partial charge in [0.1, 0.15) is 11.6 Å². The SMILES string of the molecule is COc1cccc2c(NCCCOCC(C)C)nccc12. The van der Waals surface area contributed by atoms with Gasteiger partial charge in [-0.05, 0) is 24.5 Å². The van der Waals surface area contributed by atoms with Gasteiger partial charge >= 0.3 is 0 Å². The van der Waals surface area contributed by atoms with Gasteiger partial charge < -0.3 is 14.8 Å². The monoisotopic (exact) mass is 288 g/mol.